The molecule has 4 rings (SSSR count). The minimum Gasteiger partial charge on any atom is -0.481 e. The van der Waals surface area contributed by atoms with Crippen LogP contribution in [0, 0.1) is 5.82 Å². The first-order valence-corrected chi connectivity index (χ1v) is 14.0. The molecule has 0 bridgehead atoms. The minimum atomic E-state index is -4.62. The van der Waals surface area contributed by atoms with Crippen molar-refractivity contribution in [2.75, 3.05) is 26.2 Å². The van der Waals surface area contributed by atoms with E-state index in [0.29, 0.717) is 10.9 Å². The number of aromatic nitrogens is 1. The third-order valence-electron chi connectivity index (χ3n) is 6.62. The topological polar surface area (TPSA) is 96.9 Å². The first kappa shape index (κ1) is 28.6. The number of rotatable bonds is 7. The van der Waals surface area contributed by atoms with Crippen LogP contribution in [0.1, 0.15) is 19.0 Å². The number of benzene rings is 1. The van der Waals surface area contributed by atoms with Gasteiger partial charge in [-0.05, 0) is 47.5 Å². The second kappa shape index (κ2) is 10.3. The zero-order chi connectivity index (χ0) is 28.0. The summed E-state index contributed by atoms with van der Waals surface area (Å²) in [5, 5.41) is -1.38. The van der Waals surface area contributed by atoms with Crippen LogP contribution >= 0.6 is 27.5 Å². The molecule has 3 heterocycles. The van der Waals surface area contributed by atoms with E-state index in [-0.39, 0.29) is 54.0 Å². The van der Waals surface area contributed by atoms with Crippen LogP contribution in [0.4, 0.5) is 17.6 Å². The van der Waals surface area contributed by atoms with Crippen molar-refractivity contribution in [3.63, 3.8) is 0 Å². The van der Waals surface area contributed by atoms with E-state index in [1.165, 1.54) is 16.0 Å². The molecule has 2 aliphatic rings. The van der Waals surface area contributed by atoms with Gasteiger partial charge in [0.15, 0.2) is 15.9 Å². The third kappa shape index (κ3) is 5.22. The molecule has 2 aromatic rings. The summed E-state index contributed by atoms with van der Waals surface area (Å²) in [7, 11) is -4.10. The van der Waals surface area contributed by atoms with Crippen LogP contribution in [-0.4, -0.2) is 79.2 Å². The number of sulfone groups is 1. The molecule has 2 atom stereocenters. The molecule has 206 valence electrons. The van der Waals surface area contributed by atoms with Gasteiger partial charge in [-0.2, -0.15) is 13.2 Å². The van der Waals surface area contributed by atoms with E-state index < -0.39 is 44.5 Å². The maximum Gasteiger partial charge on any atom is 0.425 e. The van der Waals surface area contributed by atoms with Gasteiger partial charge in [-0.25, -0.2) is 12.8 Å². The van der Waals surface area contributed by atoms with Gasteiger partial charge in [-0.1, -0.05) is 11.6 Å². The Bertz CT molecular complexity index is 1370. The van der Waals surface area contributed by atoms with Gasteiger partial charge in [0.1, 0.15) is 17.0 Å². The van der Waals surface area contributed by atoms with Crippen molar-refractivity contribution in [3.05, 3.63) is 51.5 Å². The number of carbonyl (C=O) groups is 2. The molecule has 0 N–H and O–H groups in total. The predicted molar refractivity (Wildman–Crippen MR) is 131 cm³/mol. The summed E-state index contributed by atoms with van der Waals surface area (Å²) in [6.45, 7) is 0.409. The number of nitrogens with zero attached hydrogens (tertiary/aromatic N) is 3. The van der Waals surface area contributed by atoms with Gasteiger partial charge in [-0.15, -0.1) is 0 Å². The van der Waals surface area contributed by atoms with Crippen molar-refractivity contribution in [3.8, 4) is 5.75 Å². The lowest BCUT2D eigenvalue weighted by molar-refractivity contribution is -0.189. The van der Waals surface area contributed by atoms with Crippen molar-refractivity contribution in [1.29, 1.82) is 0 Å². The normalized spacial score (nSPS) is 20.1. The molecular formula is C23H21BrClF4N3O5S. The maximum absolute atomic E-state index is 14.8. The summed E-state index contributed by atoms with van der Waals surface area (Å²) < 4.78 is 85.0. The highest BCUT2D eigenvalue weighted by Crippen LogP contribution is 2.39. The number of likely N-dealkylation sites (tertiary alicyclic amines) is 2. The highest BCUT2D eigenvalue weighted by Gasteiger charge is 2.56. The van der Waals surface area contributed by atoms with Crippen LogP contribution in [0.25, 0.3) is 0 Å². The van der Waals surface area contributed by atoms with Crippen LogP contribution in [0.5, 0.6) is 5.75 Å². The number of hydrogen-bond acceptors (Lipinski definition) is 6. The zero-order valence-electron chi connectivity index (χ0n) is 19.7. The Kier molecular flexibility index (Phi) is 7.71. The number of ether oxygens (including phenoxy) is 1. The van der Waals surface area contributed by atoms with Gasteiger partial charge in [0.2, 0.25) is 12.3 Å². The van der Waals surface area contributed by atoms with Crippen molar-refractivity contribution in [1.82, 2.24) is 14.8 Å². The molecule has 2 fully saturated rings. The summed E-state index contributed by atoms with van der Waals surface area (Å²) in [4.78, 5) is 31.2. The molecule has 15 heteroatoms. The average Bonchev–Trinajstić information content (AvgIpc) is 3.30. The number of hydrogen-bond donors (Lipinski definition) is 0. The van der Waals surface area contributed by atoms with Crippen LogP contribution in [-0.2, 0) is 24.8 Å². The van der Waals surface area contributed by atoms with E-state index in [1.807, 2.05) is 0 Å². The van der Waals surface area contributed by atoms with Crippen LogP contribution in [0.15, 0.2) is 39.8 Å². The highest BCUT2D eigenvalue weighted by atomic mass is 79.9. The largest absolute Gasteiger partial charge is 0.481 e. The zero-order valence-corrected chi connectivity index (χ0v) is 22.9. The Morgan fingerprint density at radius 2 is 2.00 bits per heavy atom. The molecule has 0 radical (unpaired) electrons. The van der Waals surface area contributed by atoms with Crippen molar-refractivity contribution in [2.45, 2.75) is 41.2 Å². The van der Waals surface area contributed by atoms with Gasteiger partial charge in [-0.3, -0.25) is 14.6 Å². The lowest BCUT2D eigenvalue weighted by Crippen LogP contribution is -2.66. The summed E-state index contributed by atoms with van der Waals surface area (Å²) in [5.74, 6) is -1.55. The van der Waals surface area contributed by atoms with Gasteiger partial charge in [0, 0.05) is 42.9 Å². The molecular weight excluding hydrogens is 622 g/mol. The smallest absolute Gasteiger partial charge is 0.425 e. The van der Waals surface area contributed by atoms with E-state index in [9.17, 15) is 35.6 Å². The minimum absolute atomic E-state index is 0.0472. The fourth-order valence-corrected chi connectivity index (χ4v) is 7.12. The number of carbonyl (C=O) groups excluding carboxylic acids is 2. The Balaban J connectivity index is 1.54. The van der Waals surface area contributed by atoms with Gasteiger partial charge >= 0.3 is 6.18 Å². The molecule has 2 saturated heterocycles. The molecule has 0 saturated carbocycles. The van der Waals surface area contributed by atoms with Gasteiger partial charge in [0.25, 0.3) is 0 Å². The lowest BCUT2D eigenvalue weighted by atomic mass is 9.75. The second-order valence-electron chi connectivity index (χ2n) is 9.18. The Morgan fingerprint density at radius 1 is 1.32 bits per heavy atom. The van der Waals surface area contributed by atoms with Crippen molar-refractivity contribution in [2.24, 2.45) is 0 Å². The molecule has 1 aromatic carbocycles. The summed E-state index contributed by atoms with van der Waals surface area (Å²) in [6, 6.07) is 4.30. The Labute approximate surface area is 228 Å². The standard InChI is InChI=1S/C23H21BrClF4N3O5S/c1-13(23(27,28)29)37-15-2-3-19(17(25)7-15)38(35,36)16-4-5-32(9-16)21(34)22(10-31(11-22)12-33)20-18(26)6-14(24)8-30-20/h2-3,6-8,12-13,16H,4-5,9-11H2,1H3/t13-,16?/m0/s1. The molecule has 1 aromatic heterocycles. The van der Waals surface area contributed by atoms with Crippen LogP contribution in [0.2, 0.25) is 5.02 Å². The number of amides is 2. The summed E-state index contributed by atoms with van der Waals surface area (Å²) >= 11 is 9.24. The first-order valence-electron chi connectivity index (χ1n) is 11.3. The van der Waals surface area contributed by atoms with E-state index in [1.54, 1.807) is 0 Å². The Hall–Kier alpha value is -2.45. The van der Waals surface area contributed by atoms with Gasteiger partial charge in [0.05, 0.1) is 20.9 Å². The highest BCUT2D eigenvalue weighted by molar-refractivity contribution is 9.10. The third-order valence-corrected chi connectivity index (χ3v) is 9.71. The molecule has 1 unspecified atom stereocenters. The fourth-order valence-electron chi connectivity index (χ4n) is 4.58. The average molecular weight is 643 g/mol. The summed E-state index contributed by atoms with van der Waals surface area (Å²) in [6.07, 6.45) is -4.83. The van der Waals surface area contributed by atoms with E-state index in [2.05, 4.69) is 20.9 Å². The fraction of sp³-hybridized carbons (Fsp3) is 0.435. The van der Waals surface area contributed by atoms with Gasteiger partial charge < -0.3 is 14.5 Å². The molecule has 0 aliphatic carbocycles. The first-order chi connectivity index (χ1) is 17.7. The SMILES string of the molecule is C[C@H](Oc1ccc(S(=O)(=O)C2CCN(C(=O)C3(c4ncc(Br)cc4F)CN(C=O)C3)C2)c(Cl)c1)C(F)(F)F. The molecule has 2 amide bonds. The molecule has 2 aliphatic heterocycles. The number of halogens is 6. The van der Waals surface area contributed by atoms with Crippen LogP contribution in [0.3, 0.4) is 0 Å². The Morgan fingerprint density at radius 3 is 2.58 bits per heavy atom. The van der Waals surface area contributed by atoms with Crippen molar-refractivity contribution >= 4 is 49.7 Å². The molecule has 38 heavy (non-hydrogen) atoms. The van der Waals surface area contributed by atoms with Crippen molar-refractivity contribution < 1.29 is 40.3 Å². The van der Waals surface area contributed by atoms with E-state index >= 15 is 0 Å². The maximum atomic E-state index is 14.8. The molecule has 0 spiro atoms. The van der Waals surface area contributed by atoms with E-state index in [4.69, 9.17) is 16.3 Å². The second-order valence-corrected chi connectivity index (χ2v) is 12.7. The number of alkyl halides is 3. The van der Waals surface area contributed by atoms with E-state index in [0.717, 1.165) is 31.2 Å². The quantitative estimate of drug-likeness (QED) is 0.337. The predicted octanol–water partition coefficient (Wildman–Crippen LogP) is 3.75. The lowest BCUT2D eigenvalue weighted by Gasteiger charge is -2.48. The molecule has 8 nitrogen and oxygen atoms in total. The number of pyridine rings is 1. The summed E-state index contributed by atoms with van der Waals surface area (Å²) in [5.41, 5.74) is -1.60. The monoisotopic (exact) mass is 641 g/mol. The van der Waals surface area contributed by atoms with Crippen LogP contribution < -0.4 is 4.74 Å².